The first-order chi connectivity index (χ1) is 7.24. The minimum atomic E-state index is -0.692. The fourth-order valence-corrected chi connectivity index (χ4v) is 1.48. The molecule has 0 aromatic heterocycles. The van der Waals surface area contributed by atoms with E-state index in [2.05, 4.69) is 0 Å². The van der Waals surface area contributed by atoms with Gasteiger partial charge >= 0.3 is 0 Å². The van der Waals surface area contributed by atoms with Gasteiger partial charge in [0, 0.05) is 12.2 Å². The molecular formula is C11H13NO3. The third kappa shape index (κ3) is 1.94. The molecule has 1 unspecified atom stereocenters. The Hall–Kier alpha value is -1.55. The number of ether oxygens (including phenoxy) is 2. The minimum absolute atomic E-state index is 0.479. The molecule has 2 N–H and O–H groups in total. The van der Waals surface area contributed by atoms with Crippen LogP contribution >= 0.6 is 0 Å². The predicted octanol–water partition coefficient (Wildman–Crippen LogP) is 1.75. The van der Waals surface area contributed by atoms with Gasteiger partial charge in [0.1, 0.15) is 0 Å². The molecule has 15 heavy (non-hydrogen) atoms. The largest absolute Gasteiger partial charge is 0.449 e. The minimum Gasteiger partial charge on any atom is -0.449 e. The molecule has 80 valence electrons. The van der Waals surface area contributed by atoms with Gasteiger partial charge in [-0.2, -0.15) is 0 Å². The molecule has 0 bridgehead atoms. The highest BCUT2D eigenvalue weighted by atomic mass is 16.6. The Morgan fingerprint density at radius 2 is 2.40 bits per heavy atom. The lowest BCUT2D eigenvalue weighted by molar-refractivity contribution is -0.129. The second-order valence-corrected chi connectivity index (χ2v) is 3.43. The number of hydrogen-bond donors (Lipinski definition) is 1. The molecule has 4 nitrogen and oxygen atoms in total. The highest BCUT2D eigenvalue weighted by Gasteiger charge is 2.31. The van der Waals surface area contributed by atoms with Crippen LogP contribution in [0.2, 0.25) is 0 Å². The van der Waals surface area contributed by atoms with E-state index in [1.54, 1.807) is 6.07 Å². The van der Waals surface area contributed by atoms with Crippen LogP contribution in [0.3, 0.4) is 0 Å². The number of primary amides is 1. The van der Waals surface area contributed by atoms with Gasteiger partial charge in [0.05, 0.1) is 0 Å². The molecule has 0 radical (unpaired) electrons. The topological polar surface area (TPSA) is 64.8 Å². The predicted molar refractivity (Wildman–Crippen MR) is 54.7 cm³/mol. The lowest BCUT2D eigenvalue weighted by Gasteiger charge is -2.12. The Balaban J connectivity index is 2.19. The van der Waals surface area contributed by atoms with Crippen LogP contribution in [0.5, 0.6) is 11.5 Å². The van der Waals surface area contributed by atoms with E-state index in [1.807, 2.05) is 19.1 Å². The van der Waals surface area contributed by atoms with Crippen molar-refractivity contribution in [2.45, 2.75) is 19.4 Å². The summed E-state index contributed by atoms with van der Waals surface area (Å²) in [7, 11) is 0. The van der Waals surface area contributed by atoms with E-state index in [9.17, 15) is 4.79 Å². The standard InChI is InChI=1S/C11H13NO3/c1-2-6-14-10(11(12)13)7-4-3-5-8-9(7)15-8/h3-5,10H,2,6H2,1H3,(H2,12,13). The number of carbonyl (C=O) groups is 1. The quantitative estimate of drug-likeness (QED) is 0.759. The van der Waals surface area contributed by atoms with Gasteiger partial charge < -0.3 is 15.2 Å². The van der Waals surface area contributed by atoms with Crippen molar-refractivity contribution in [2.24, 2.45) is 5.73 Å². The Morgan fingerprint density at radius 1 is 1.60 bits per heavy atom. The molecule has 2 rings (SSSR count). The van der Waals surface area contributed by atoms with E-state index < -0.39 is 12.0 Å². The average molecular weight is 207 g/mol. The summed E-state index contributed by atoms with van der Waals surface area (Å²) in [4.78, 5) is 11.2. The van der Waals surface area contributed by atoms with Gasteiger partial charge in [0.15, 0.2) is 17.6 Å². The van der Waals surface area contributed by atoms with Crippen LogP contribution in [-0.2, 0) is 9.53 Å². The van der Waals surface area contributed by atoms with Gasteiger partial charge in [-0.05, 0) is 12.5 Å². The number of fused-ring (bicyclic) bond motifs is 1. The summed E-state index contributed by atoms with van der Waals surface area (Å²) in [5.74, 6) is 1.06. The molecule has 0 fully saturated rings. The first kappa shape index (κ1) is 9.98. The van der Waals surface area contributed by atoms with Crippen molar-refractivity contribution in [3.8, 4) is 11.5 Å². The monoisotopic (exact) mass is 207 g/mol. The number of carbonyl (C=O) groups excluding carboxylic acids is 1. The van der Waals surface area contributed by atoms with Gasteiger partial charge in [-0.25, -0.2) is 0 Å². The highest BCUT2D eigenvalue weighted by Crippen LogP contribution is 2.50. The molecule has 0 aliphatic carbocycles. The Morgan fingerprint density at radius 3 is 3.07 bits per heavy atom. The van der Waals surface area contributed by atoms with E-state index in [0.29, 0.717) is 6.61 Å². The maximum atomic E-state index is 11.2. The van der Waals surface area contributed by atoms with Crippen LogP contribution < -0.4 is 10.5 Å². The molecule has 1 atom stereocenters. The van der Waals surface area contributed by atoms with Crippen molar-refractivity contribution in [1.29, 1.82) is 0 Å². The number of rotatable bonds is 5. The maximum absolute atomic E-state index is 11.2. The molecule has 1 amide bonds. The molecule has 0 saturated carbocycles. The molecule has 1 aliphatic rings. The molecule has 0 saturated heterocycles. The summed E-state index contributed by atoms with van der Waals surface area (Å²) < 4.78 is 10.6. The van der Waals surface area contributed by atoms with Gasteiger partial charge in [-0.1, -0.05) is 19.1 Å². The second-order valence-electron chi connectivity index (χ2n) is 3.43. The van der Waals surface area contributed by atoms with Crippen molar-refractivity contribution >= 4 is 5.91 Å². The molecule has 0 spiro atoms. The van der Waals surface area contributed by atoms with E-state index in [1.165, 1.54) is 0 Å². The Kier molecular flexibility index (Phi) is 2.60. The number of benzene rings is 1. The number of amides is 1. The van der Waals surface area contributed by atoms with Crippen LogP contribution in [0.15, 0.2) is 18.2 Å². The van der Waals surface area contributed by atoms with Gasteiger partial charge in [0.2, 0.25) is 0 Å². The molecule has 1 aromatic rings. The number of nitrogens with two attached hydrogens (primary N) is 1. The Labute approximate surface area is 88.0 Å². The third-order valence-electron chi connectivity index (χ3n) is 2.21. The molecule has 4 heteroatoms. The zero-order valence-corrected chi connectivity index (χ0v) is 8.53. The zero-order valence-electron chi connectivity index (χ0n) is 8.53. The molecule has 1 aromatic carbocycles. The number of para-hydroxylation sites is 1. The molecule has 1 heterocycles. The summed E-state index contributed by atoms with van der Waals surface area (Å²) in [5.41, 5.74) is 6.01. The van der Waals surface area contributed by atoms with Crippen molar-refractivity contribution in [1.82, 2.24) is 0 Å². The fourth-order valence-electron chi connectivity index (χ4n) is 1.48. The van der Waals surface area contributed by atoms with E-state index in [-0.39, 0.29) is 0 Å². The van der Waals surface area contributed by atoms with Crippen molar-refractivity contribution in [3.05, 3.63) is 23.8 Å². The van der Waals surface area contributed by atoms with Crippen LogP contribution in [0, 0.1) is 0 Å². The van der Waals surface area contributed by atoms with Crippen molar-refractivity contribution in [2.75, 3.05) is 6.61 Å². The van der Waals surface area contributed by atoms with Gasteiger partial charge in [-0.3, -0.25) is 4.79 Å². The summed E-state index contributed by atoms with van der Waals surface area (Å²) in [6, 6.07) is 5.47. The summed E-state index contributed by atoms with van der Waals surface area (Å²) in [6.45, 7) is 2.49. The smallest absolute Gasteiger partial charge is 0.251 e. The molecule has 1 aliphatic heterocycles. The fraction of sp³-hybridized carbons (Fsp3) is 0.364. The average Bonchev–Trinajstić information content (AvgIpc) is 2.97. The van der Waals surface area contributed by atoms with Crippen LogP contribution in [-0.4, -0.2) is 12.5 Å². The first-order valence-electron chi connectivity index (χ1n) is 4.95. The number of hydrogen-bond acceptors (Lipinski definition) is 3. The van der Waals surface area contributed by atoms with Gasteiger partial charge in [0.25, 0.3) is 5.91 Å². The first-order valence-corrected chi connectivity index (χ1v) is 4.95. The SMILES string of the molecule is CCCOC(C(N)=O)c1cccc2c1O2. The lowest BCUT2D eigenvalue weighted by atomic mass is 10.1. The zero-order chi connectivity index (χ0) is 10.8. The second kappa shape index (κ2) is 3.90. The third-order valence-corrected chi connectivity index (χ3v) is 2.21. The van der Waals surface area contributed by atoms with Crippen LogP contribution in [0.4, 0.5) is 0 Å². The van der Waals surface area contributed by atoms with Crippen molar-refractivity contribution < 1.29 is 14.3 Å². The van der Waals surface area contributed by atoms with E-state index in [4.69, 9.17) is 15.2 Å². The van der Waals surface area contributed by atoms with Crippen LogP contribution in [0.25, 0.3) is 0 Å². The van der Waals surface area contributed by atoms with Gasteiger partial charge in [-0.15, -0.1) is 0 Å². The van der Waals surface area contributed by atoms with E-state index in [0.717, 1.165) is 23.5 Å². The maximum Gasteiger partial charge on any atom is 0.251 e. The molecular weight excluding hydrogens is 194 g/mol. The van der Waals surface area contributed by atoms with Crippen molar-refractivity contribution in [3.63, 3.8) is 0 Å². The normalized spacial score (nSPS) is 13.9. The Bertz CT molecular complexity index is 389. The van der Waals surface area contributed by atoms with Crippen LogP contribution in [0.1, 0.15) is 25.0 Å². The summed E-state index contributed by atoms with van der Waals surface area (Å²) in [5, 5.41) is 0. The van der Waals surface area contributed by atoms with E-state index >= 15 is 0 Å². The summed E-state index contributed by atoms with van der Waals surface area (Å²) in [6.07, 6.45) is 0.155. The summed E-state index contributed by atoms with van der Waals surface area (Å²) >= 11 is 0. The highest BCUT2D eigenvalue weighted by molar-refractivity contribution is 5.82. The lowest BCUT2D eigenvalue weighted by Crippen LogP contribution is -2.23.